The van der Waals surface area contributed by atoms with Gasteiger partial charge in [0.15, 0.2) is 11.5 Å². The molecule has 1 N–H and O–H groups in total. The molecule has 1 saturated heterocycles. The number of ether oxygens (including phenoxy) is 1. The van der Waals surface area contributed by atoms with Gasteiger partial charge in [-0.15, -0.1) is 0 Å². The van der Waals surface area contributed by atoms with E-state index in [-0.39, 0.29) is 36.0 Å². The Bertz CT molecular complexity index is 1320. The van der Waals surface area contributed by atoms with E-state index in [4.69, 9.17) is 20.9 Å². The molecule has 0 radical (unpaired) electrons. The maximum absolute atomic E-state index is 13.0. The third-order valence-electron chi connectivity index (χ3n) is 5.39. The molecule has 10 nitrogen and oxygen atoms in total. The molecule has 0 bridgehead atoms. The van der Waals surface area contributed by atoms with Gasteiger partial charge < -0.3 is 19.3 Å². The third kappa shape index (κ3) is 5.70. The molecule has 184 valence electrons. The first-order chi connectivity index (χ1) is 16.8. The molecule has 4 rings (SSSR count). The molecule has 1 amide bonds. The van der Waals surface area contributed by atoms with Crippen molar-refractivity contribution in [1.29, 1.82) is 0 Å². The van der Waals surface area contributed by atoms with Crippen LogP contribution in [0.4, 0.5) is 0 Å². The number of amides is 1. The highest BCUT2D eigenvalue weighted by Gasteiger charge is 2.27. The minimum atomic E-state index is -3.67. The predicted octanol–water partition coefficient (Wildman–Crippen LogP) is 2.74. The second kappa shape index (κ2) is 10.6. The highest BCUT2D eigenvalue weighted by atomic mass is 35.5. The van der Waals surface area contributed by atoms with Gasteiger partial charge in [-0.2, -0.15) is 4.31 Å². The number of sulfonamides is 1. The monoisotopic (exact) mass is 519 g/mol. The molecule has 35 heavy (non-hydrogen) atoms. The third-order valence-corrected chi connectivity index (χ3v) is 7.63. The van der Waals surface area contributed by atoms with Gasteiger partial charge in [0, 0.05) is 31.3 Å². The van der Waals surface area contributed by atoms with Gasteiger partial charge in [-0.05, 0) is 29.8 Å². The lowest BCUT2D eigenvalue weighted by molar-refractivity contribution is -0.137. The van der Waals surface area contributed by atoms with Crippen LogP contribution in [0.3, 0.4) is 0 Å². The van der Waals surface area contributed by atoms with Crippen molar-refractivity contribution in [2.24, 2.45) is 0 Å². The van der Waals surface area contributed by atoms with E-state index in [1.54, 1.807) is 36.4 Å². The van der Waals surface area contributed by atoms with Crippen LogP contribution in [-0.4, -0.2) is 72.6 Å². The van der Waals surface area contributed by atoms with Gasteiger partial charge in [0.05, 0.1) is 23.1 Å². The zero-order valence-electron chi connectivity index (χ0n) is 18.5. The lowest BCUT2D eigenvalue weighted by atomic mass is 10.1. The van der Waals surface area contributed by atoms with E-state index >= 15 is 0 Å². The summed E-state index contributed by atoms with van der Waals surface area (Å²) in [5.74, 6) is -1.59. The number of aliphatic carboxylic acids is 1. The minimum Gasteiger partial charge on any atom is -0.480 e. The number of aromatic nitrogens is 1. The average Bonchev–Trinajstić information content (AvgIpc) is 3.34. The highest BCUT2D eigenvalue weighted by molar-refractivity contribution is 7.89. The van der Waals surface area contributed by atoms with Crippen LogP contribution in [0.15, 0.2) is 64.0 Å². The van der Waals surface area contributed by atoms with Crippen LogP contribution in [0.2, 0.25) is 5.02 Å². The SMILES string of the molecule is O=C(O)CN(Cc1ccc(S(=O)(=O)N2CCOCC2)cc1)C(=O)c1cc(-c2ccccc2Cl)on1. The van der Waals surface area contributed by atoms with Crippen molar-refractivity contribution < 1.29 is 32.4 Å². The second-order valence-electron chi connectivity index (χ2n) is 7.77. The number of carbonyl (C=O) groups is 2. The van der Waals surface area contributed by atoms with Crippen molar-refractivity contribution >= 4 is 33.5 Å². The van der Waals surface area contributed by atoms with Crippen molar-refractivity contribution in [3.63, 3.8) is 0 Å². The van der Waals surface area contributed by atoms with Crippen molar-refractivity contribution in [2.75, 3.05) is 32.8 Å². The number of morpholine rings is 1. The summed E-state index contributed by atoms with van der Waals surface area (Å²) < 4.78 is 37.4. The van der Waals surface area contributed by atoms with E-state index in [9.17, 15) is 23.1 Å². The fourth-order valence-electron chi connectivity index (χ4n) is 3.61. The smallest absolute Gasteiger partial charge is 0.323 e. The maximum atomic E-state index is 13.0. The van der Waals surface area contributed by atoms with Crippen LogP contribution in [0.1, 0.15) is 16.1 Å². The van der Waals surface area contributed by atoms with E-state index in [2.05, 4.69) is 5.16 Å². The number of carboxylic acid groups (broad SMARTS) is 1. The van der Waals surface area contributed by atoms with Crippen LogP contribution in [0.5, 0.6) is 0 Å². The van der Waals surface area contributed by atoms with Crippen LogP contribution in [0, 0.1) is 0 Å². The average molecular weight is 520 g/mol. The standard InChI is InChI=1S/C23H22ClN3O7S/c24-19-4-2-1-3-18(19)21-13-20(25-34-21)23(30)26(15-22(28)29)14-16-5-7-17(8-6-16)35(31,32)27-9-11-33-12-10-27/h1-8,13H,9-12,14-15H2,(H,28,29). The van der Waals surface area contributed by atoms with Gasteiger partial charge >= 0.3 is 5.97 Å². The molecule has 2 heterocycles. The Morgan fingerprint density at radius 2 is 1.77 bits per heavy atom. The first-order valence-corrected chi connectivity index (χ1v) is 12.5. The van der Waals surface area contributed by atoms with Crippen molar-refractivity contribution in [1.82, 2.24) is 14.4 Å². The van der Waals surface area contributed by atoms with Crippen molar-refractivity contribution in [2.45, 2.75) is 11.4 Å². The fourth-order valence-corrected chi connectivity index (χ4v) is 5.25. The Kier molecular flexibility index (Phi) is 7.51. The quantitative estimate of drug-likeness (QED) is 0.480. The summed E-state index contributed by atoms with van der Waals surface area (Å²) in [5, 5.41) is 13.5. The van der Waals surface area contributed by atoms with Crippen LogP contribution >= 0.6 is 11.6 Å². The Labute approximate surface area is 206 Å². The summed E-state index contributed by atoms with van der Waals surface area (Å²) in [6.07, 6.45) is 0. The lowest BCUT2D eigenvalue weighted by Gasteiger charge is -2.26. The Balaban J connectivity index is 1.52. The van der Waals surface area contributed by atoms with Gasteiger partial charge in [0.2, 0.25) is 10.0 Å². The summed E-state index contributed by atoms with van der Waals surface area (Å²) in [5.41, 5.74) is 1.02. The number of hydrogen-bond acceptors (Lipinski definition) is 7. The van der Waals surface area contributed by atoms with Gasteiger partial charge in [0.1, 0.15) is 6.54 Å². The zero-order chi connectivity index (χ0) is 25.0. The van der Waals surface area contributed by atoms with E-state index in [1.807, 2.05) is 0 Å². The van der Waals surface area contributed by atoms with E-state index < -0.39 is 28.4 Å². The van der Waals surface area contributed by atoms with E-state index in [0.29, 0.717) is 29.4 Å². The largest absolute Gasteiger partial charge is 0.480 e. The highest BCUT2D eigenvalue weighted by Crippen LogP contribution is 2.28. The molecule has 12 heteroatoms. The number of halogens is 1. The maximum Gasteiger partial charge on any atom is 0.323 e. The summed E-state index contributed by atoms with van der Waals surface area (Å²) in [7, 11) is -3.67. The molecule has 0 unspecified atom stereocenters. The first kappa shape index (κ1) is 24.9. The molecule has 2 aromatic carbocycles. The summed E-state index contributed by atoms with van der Waals surface area (Å²) in [4.78, 5) is 25.7. The van der Waals surface area contributed by atoms with E-state index in [0.717, 1.165) is 4.90 Å². The number of benzene rings is 2. The number of hydrogen-bond donors (Lipinski definition) is 1. The molecular formula is C23H22ClN3O7S. The molecule has 0 aliphatic carbocycles. The van der Waals surface area contributed by atoms with Crippen molar-refractivity contribution in [3.8, 4) is 11.3 Å². The van der Waals surface area contributed by atoms with Gasteiger partial charge in [-0.1, -0.05) is 41.0 Å². The Hall–Kier alpha value is -3.25. The van der Waals surface area contributed by atoms with Crippen molar-refractivity contribution in [3.05, 3.63) is 70.9 Å². The van der Waals surface area contributed by atoms with Crippen LogP contribution in [-0.2, 0) is 26.1 Å². The summed E-state index contributed by atoms with van der Waals surface area (Å²) in [6, 6.07) is 14.3. The van der Waals surface area contributed by atoms with Gasteiger partial charge in [0.25, 0.3) is 5.91 Å². The lowest BCUT2D eigenvalue weighted by Crippen LogP contribution is -2.40. The molecule has 1 aliphatic heterocycles. The molecule has 0 saturated carbocycles. The molecule has 1 aliphatic rings. The Morgan fingerprint density at radius 1 is 1.09 bits per heavy atom. The fraction of sp³-hybridized carbons (Fsp3) is 0.261. The molecule has 0 spiro atoms. The van der Waals surface area contributed by atoms with Crippen LogP contribution in [0.25, 0.3) is 11.3 Å². The minimum absolute atomic E-state index is 0.0721. The number of carboxylic acids is 1. The number of carbonyl (C=O) groups excluding carboxylic acids is 1. The predicted molar refractivity (Wildman–Crippen MR) is 125 cm³/mol. The molecule has 0 atom stereocenters. The molecule has 1 aromatic heterocycles. The van der Waals surface area contributed by atoms with Gasteiger partial charge in [-0.3, -0.25) is 9.59 Å². The second-order valence-corrected chi connectivity index (χ2v) is 10.1. The summed E-state index contributed by atoms with van der Waals surface area (Å²) >= 11 is 6.17. The normalized spacial score (nSPS) is 14.5. The van der Waals surface area contributed by atoms with Gasteiger partial charge in [-0.25, -0.2) is 8.42 Å². The van der Waals surface area contributed by atoms with Crippen LogP contribution < -0.4 is 0 Å². The topological polar surface area (TPSA) is 130 Å². The molecular weight excluding hydrogens is 498 g/mol. The summed E-state index contributed by atoms with van der Waals surface area (Å²) in [6.45, 7) is 0.573. The number of nitrogens with zero attached hydrogens (tertiary/aromatic N) is 3. The number of rotatable bonds is 8. The Morgan fingerprint density at radius 3 is 2.43 bits per heavy atom. The first-order valence-electron chi connectivity index (χ1n) is 10.7. The van der Waals surface area contributed by atoms with E-state index in [1.165, 1.54) is 22.5 Å². The molecule has 3 aromatic rings. The zero-order valence-corrected chi connectivity index (χ0v) is 20.0. The molecule has 1 fully saturated rings.